The van der Waals surface area contributed by atoms with Crippen molar-refractivity contribution in [3.05, 3.63) is 50.4 Å². The second kappa shape index (κ2) is 5.77. The lowest BCUT2D eigenvalue weighted by molar-refractivity contribution is 0.627. The van der Waals surface area contributed by atoms with Gasteiger partial charge in [-0.2, -0.15) is 0 Å². The van der Waals surface area contributed by atoms with Crippen molar-refractivity contribution in [1.29, 1.82) is 0 Å². The fourth-order valence-corrected chi connectivity index (χ4v) is 3.10. The highest BCUT2D eigenvalue weighted by atomic mass is 79.9. The van der Waals surface area contributed by atoms with Crippen molar-refractivity contribution in [3.8, 4) is 0 Å². The minimum atomic E-state index is -0.347. The molecule has 3 N–H and O–H groups in total. The van der Waals surface area contributed by atoms with E-state index in [1.807, 2.05) is 11.4 Å². The summed E-state index contributed by atoms with van der Waals surface area (Å²) in [6, 6.07) is 6.36. The second-order valence-electron chi connectivity index (χ2n) is 3.60. The van der Waals surface area contributed by atoms with Crippen LogP contribution in [0.15, 0.2) is 34.1 Å². The summed E-state index contributed by atoms with van der Waals surface area (Å²) in [5.41, 5.74) is 6.85. The smallest absolute Gasteiger partial charge is 0.124 e. The highest BCUT2D eigenvalue weighted by Gasteiger charge is 2.08. The van der Waals surface area contributed by atoms with E-state index in [2.05, 4.69) is 21.2 Å². The highest BCUT2D eigenvalue weighted by molar-refractivity contribution is 9.10. The number of hydrogen-bond donors (Lipinski definition) is 2. The van der Waals surface area contributed by atoms with Gasteiger partial charge < -0.3 is 11.1 Å². The summed E-state index contributed by atoms with van der Waals surface area (Å²) < 4.78 is 14.2. The summed E-state index contributed by atoms with van der Waals surface area (Å²) in [6.45, 7) is 0.638. The van der Waals surface area contributed by atoms with Gasteiger partial charge in [-0.1, -0.05) is 12.2 Å². The molecule has 94 valence electrons. The maximum Gasteiger partial charge on any atom is 0.124 e. The molecule has 0 fully saturated rings. The van der Waals surface area contributed by atoms with Crippen LogP contribution in [0.1, 0.15) is 10.4 Å². The number of nitrogens with two attached hydrogens (primary N) is 1. The normalized spacial score (nSPS) is 10.3. The summed E-state index contributed by atoms with van der Waals surface area (Å²) in [5.74, 6) is -0.347. The van der Waals surface area contributed by atoms with E-state index < -0.39 is 0 Å². The van der Waals surface area contributed by atoms with Crippen LogP contribution in [0.4, 0.5) is 10.1 Å². The SMILES string of the molecule is NC(=S)c1cc(F)ccc1NCc1sccc1Br. The molecule has 1 heterocycles. The van der Waals surface area contributed by atoms with Gasteiger partial charge in [0.1, 0.15) is 10.8 Å². The average Bonchev–Trinajstić information content (AvgIpc) is 2.73. The van der Waals surface area contributed by atoms with Gasteiger partial charge in [0, 0.05) is 20.6 Å². The quantitative estimate of drug-likeness (QED) is 0.826. The Morgan fingerprint density at radius 3 is 2.83 bits per heavy atom. The van der Waals surface area contributed by atoms with E-state index in [9.17, 15) is 4.39 Å². The molecule has 0 saturated heterocycles. The summed E-state index contributed by atoms with van der Waals surface area (Å²) >= 11 is 10.0. The fourth-order valence-electron chi connectivity index (χ4n) is 1.50. The molecule has 0 bridgehead atoms. The van der Waals surface area contributed by atoms with E-state index in [1.54, 1.807) is 17.4 Å². The largest absolute Gasteiger partial charge is 0.389 e. The van der Waals surface area contributed by atoms with Crippen molar-refractivity contribution in [2.24, 2.45) is 5.73 Å². The van der Waals surface area contributed by atoms with Crippen LogP contribution in [-0.4, -0.2) is 4.99 Å². The van der Waals surface area contributed by atoms with Crippen molar-refractivity contribution in [2.75, 3.05) is 5.32 Å². The van der Waals surface area contributed by atoms with Gasteiger partial charge in [0.2, 0.25) is 0 Å². The van der Waals surface area contributed by atoms with Crippen LogP contribution in [-0.2, 0) is 6.54 Å². The van der Waals surface area contributed by atoms with Crippen LogP contribution >= 0.6 is 39.5 Å². The molecule has 1 aromatic heterocycles. The molecule has 18 heavy (non-hydrogen) atoms. The standard InChI is InChI=1S/C12H10BrFN2S2/c13-9-3-4-18-11(9)6-16-10-2-1-7(14)5-8(10)12(15)17/h1-5,16H,6H2,(H2,15,17). The Kier molecular flexibility index (Phi) is 4.31. The molecule has 2 aromatic rings. The van der Waals surface area contributed by atoms with Gasteiger partial charge >= 0.3 is 0 Å². The molecule has 0 atom stereocenters. The van der Waals surface area contributed by atoms with Gasteiger partial charge in [-0.15, -0.1) is 11.3 Å². The van der Waals surface area contributed by atoms with Crippen molar-refractivity contribution in [2.45, 2.75) is 6.54 Å². The van der Waals surface area contributed by atoms with Crippen molar-refractivity contribution in [3.63, 3.8) is 0 Å². The van der Waals surface area contributed by atoms with Crippen molar-refractivity contribution in [1.82, 2.24) is 0 Å². The molecule has 2 nitrogen and oxygen atoms in total. The number of anilines is 1. The van der Waals surface area contributed by atoms with Gasteiger partial charge in [0.15, 0.2) is 0 Å². The lowest BCUT2D eigenvalue weighted by atomic mass is 10.1. The van der Waals surface area contributed by atoms with Crippen LogP contribution < -0.4 is 11.1 Å². The topological polar surface area (TPSA) is 38.0 Å². The zero-order valence-corrected chi connectivity index (χ0v) is 12.5. The number of nitrogens with one attached hydrogen (secondary N) is 1. The third kappa shape index (κ3) is 3.07. The summed E-state index contributed by atoms with van der Waals surface area (Å²) in [7, 11) is 0. The van der Waals surface area contributed by atoms with Gasteiger partial charge in [-0.3, -0.25) is 0 Å². The minimum absolute atomic E-state index is 0.183. The molecule has 2 rings (SSSR count). The van der Waals surface area contributed by atoms with Crippen molar-refractivity contribution < 1.29 is 4.39 Å². The Labute approximate surface area is 122 Å². The monoisotopic (exact) mass is 344 g/mol. The predicted octanol–water partition coefficient (Wildman–Crippen LogP) is 3.90. The Balaban J connectivity index is 2.19. The molecular formula is C12H10BrFN2S2. The summed E-state index contributed by atoms with van der Waals surface area (Å²) in [4.78, 5) is 1.34. The maximum atomic E-state index is 13.1. The molecular weight excluding hydrogens is 335 g/mol. The van der Waals surface area contributed by atoms with E-state index in [0.717, 1.165) is 15.0 Å². The zero-order chi connectivity index (χ0) is 13.1. The Morgan fingerprint density at radius 1 is 1.44 bits per heavy atom. The summed E-state index contributed by atoms with van der Waals surface area (Å²) in [5, 5.41) is 5.21. The third-order valence-corrected chi connectivity index (χ3v) is 4.52. The number of benzene rings is 1. The zero-order valence-electron chi connectivity index (χ0n) is 9.24. The van der Waals surface area contributed by atoms with Crippen LogP contribution in [0, 0.1) is 5.82 Å². The van der Waals surface area contributed by atoms with Gasteiger partial charge in [0.05, 0.1) is 6.54 Å². The molecule has 0 amide bonds. The summed E-state index contributed by atoms with van der Waals surface area (Å²) in [6.07, 6.45) is 0. The molecule has 0 saturated carbocycles. The van der Waals surface area contributed by atoms with Crippen LogP contribution in [0.5, 0.6) is 0 Å². The van der Waals surface area contributed by atoms with Crippen molar-refractivity contribution >= 4 is 50.2 Å². The first-order valence-corrected chi connectivity index (χ1v) is 7.21. The Bertz CT molecular complexity index is 583. The average molecular weight is 345 g/mol. The van der Waals surface area contributed by atoms with Gasteiger partial charge in [-0.25, -0.2) is 4.39 Å². The molecule has 0 radical (unpaired) electrons. The van der Waals surface area contributed by atoms with E-state index in [1.165, 1.54) is 12.1 Å². The Morgan fingerprint density at radius 2 is 2.22 bits per heavy atom. The number of thiophene rings is 1. The predicted molar refractivity (Wildman–Crippen MR) is 81.6 cm³/mol. The number of rotatable bonds is 4. The van der Waals surface area contributed by atoms with E-state index >= 15 is 0 Å². The molecule has 1 aromatic carbocycles. The molecule has 0 aliphatic heterocycles. The third-order valence-electron chi connectivity index (χ3n) is 2.38. The lowest BCUT2D eigenvalue weighted by Crippen LogP contribution is -2.13. The van der Waals surface area contributed by atoms with Gasteiger partial charge in [0.25, 0.3) is 0 Å². The van der Waals surface area contributed by atoms with Crippen LogP contribution in [0.2, 0.25) is 0 Å². The Hall–Kier alpha value is -0.980. The number of halogens is 2. The van der Waals surface area contributed by atoms with Gasteiger partial charge in [-0.05, 0) is 45.6 Å². The molecule has 0 spiro atoms. The van der Waals surface area contributed by atoms with Crippen LogP contribution in [0.25, 0.3) is 0 Å². The lowest BCUT2D eigenvalue weighted by Gasteiger charge is -2.10. The fraction of sp³-hybridized carbons (Fsp3) is 0.0833. The molecule has 0 aliphatic rings. The minimum Gasteiger partial charge on any atom is -0.389 e. The highest BCUT2D eigenvalue weighted by Crippen LogP contribution is 2.25. The first-order chi connectivity index (χ1) is 8.58. The van der Waals surface area contributed by atoms with E-state index in [0.29, 0.717) is 12.1 Å². The van der Waals surface area contributed by atoms with E-state index in [-0.39, 0.29) is 10.8 Å². The van der Waals surface area contributed by atoms with E-state index in [4.69, 9.17) is 18.0 Å². The van der Waals surface area contributed by atoms with Crippen LogP contribution in [0.3, 0.4) is 0 Å². The number of thiocarbonyl (C=S) groups is 1. The first-order valence-electron chi connectivity index (χ1n) is 5.13. The molecule has 0 aliphatic carbocycles. The molecule has 0 unspecified atom stereocenters. The second-order valence-corrected chi connectivity index (χ2v) is 5.89. The number of hydrogen-bond acceptors (Lipinski definition) is 3. The first kappa shape index (κ1) is 13.5. The maximum absolute atomic E-state index is 13.1. The molecule has 6 heteroatoms.